The average Bonchev–Trinajstić information content (AvgIpc) is 2.41. The van der Waals surface area contributed by atoms with E-state index in [0.717, 1.165) is 11.1 Å². The molecule has 1 N–H and O–H groups in total. The van der Waals surface area contributed by atoms with Gasteiger partial charge in [0.25, 0.3) is 0 Å². The summed E-state index contributed by atoms with van der Waals surface area (Å²) < 4.78 is 0. The summed E-state index contributed by atoms with van der Waals surface area (Å²) in [5.74, 6) is -0.0143. The molecule has 0 radical (unpaired) electrons. The normalized spacial score (nSPS) is 9.72. The summed E-state index contributed by atoms with van der Waals surface area (Å²) in [6.45, 7) is 0. The molecule has 0 fully saturated rings. The molecule has 0 unspecified atom stereocenters. The van der Waals surface area contributed by atoms with Crippen molar-refractivity contribution in [3.05, 3.63) is 64.7 Å². The second-order valence-electron chi connectivity index (χ2n) is 4.00. The molecule has 2 rings (SSSR count). The molecule has 2 aromatic carbocycles. The van der Waals surface area contributed by atoms with Gasteiger partial charge >= 0.3 is 0 Å². The molecule has 0 saturated heterocycles. The van der Waals surface area contributed by atoms with Crippen LogP contribution in [0.4, 0.5) is 0 Å². The Labute approximate surface area is 105 Å². The van der Waals surface area contributed by atoms with Crippen molar-refractivity contribution in [1.29, 1.82) is 5.26 Å². The largest absolute Gasteiger partial charge is 0.507 e. The minimum Gasteiger partial charge on any atom is -0.507 e. The number of carbonyl (C=O) groups excluding carboxylic acids is 1. The SMILES string of the molecule is N#Cc1cccc(Cc2ccc(O)c(C=O)c2)c1. The van der Waals surface area contributed by atoms with E-state index in [1.807, 2.05) is 18.2 Å². The first-order chi connectivity index (χ1) is 8.72. The van der Waals surface area contributed by atoms with Gasteiger partial charge in [-0.3, -0.25) is 4.79 Å². The van der Waals surface area contributed by atoms with Crippen LogP contribution in [0.2, 0.25) is 0 Å². The van der Waals surface area contributed by atoms with Crippen molar-refractivity contribution < 1.29 is 9.90 Å². The van der Waals surface area contributed by atoms with Crippen LogP contribution >= 0.6 is 0 Å². The fraction of sp³-hybridized carbons (Fsp3) is 0.0667. The summed E-state index contributed by atoms with van der Waals surface area (Å²) in [6.07, 6.45) is 1.25. The number of carbonyl (C=O) groups is 1. The van der Waals surface area contributed by atoms with E-state index in [-0.39, 0.29) is 11.3 Å². The number of benzene rings is 2. The molecule has 0 aromatic heterocycles. The van der Waals surface area contributed by atoms with E-state index in [4.69, 9.17) is 5.26 Å². The second-order valence-corrected chi connectivity index (χ2v) is 4.00. The van der Waals surface area contributed by atoms with Crippen molar-refractivity contribution in [2.75, 3.05) is 0 Å². The van der Waals surface area contributed by atoms with E-state index >= 15 is 0 Å². The van der Waals surface area contributed by atoms with Gasteiger partial charge in [0.1, 0.15) is 5.75 Å². The minimum atomic E-state index is -0.0143. The zero-order valence-corrected chi connectivity index (χ0v) is 9.63. The smallest absolute Gasteiger partial charge is 0.153 e. The molecule has 0 aliphatic carbocycles. The highest BCUT2D eigenvalue weighted by atomic mass is 16.3. The summed E-state index contributed by atoms with van der Waals surface area (Å²) in [5.41, 5.74) is 2.81. The molecule has 3 heteroatoms. The Morgan fingerprint density at radius 3 is 2.67 bits per heavy atom. The van der Waals surface area contributed by atoms with E-state index in [2.05, 4.69) is 6.07 Å². The van der Waals surface area contributed by atoms with Crippen LogP contribution in [0.1, 0.15) is 27.0 Å². The molecule has 0 saturated carbocycles. The Kier molecular flexibility index (Phi) is 3.40. The molecular formula is C15H11NO2. The molecule has 88 valence electrons. The fourth-order valence-corrected chi connectivity index (χ4v) is 1.79. The molecule has 2 aromatic rings. The van der Waals surface area contributed by atoms with E-state index in [0.29, 0.717) is 18.3 Å². The Balaban J connectivity index is 2.28. The van der Waals surface area contributed by atoms with Crippen molar-refractivity contribution in [2.45, 2.75) is 6.42 Å². The molecule has 0 amide bonds. The van der Waals surface area contributed by atoms with Crippen LogP contribution in [0, 0.1) is 11.3 Å². The maximum atomic E-state index is 10.7. The van der Waals surface area contributed by atoms with Crippen molar-refractivity contribution >= 4 is 6.29 Å². The number of rotatable bonds is 3. The first-order valence-corrected chi connectivity index (χ1v) is 5.49. The van der Waals surface area contributed by atoms with Crippen LogP contribution in [0.25, 0.3) is 0 Å². The van der Waals surface area contributed by atoms with Crippen molar-refractivity contribution in [3.63, 3.8) is 0 Å². The highest BCUT2D eigenvalue weighted by molar-refractivity contribution is 5.79. The molecule has 3 nitrogen and oxygen atoms in total. The van der Waals surface area contributed by atoms with Gasteiger partial charge in [-0.2, -0.15) is 5.26 Å². The summed E-state index contributed by atoms with van der Waals surface area (Å²) >= 11 is 0. The number of phenolic OH excluding ortho intramolecular Hbond substituents is 1. The van der Waals surface area contributed by atoms with Crippen LogP contribution in [0.5, 0.6) is 5.75 Å². The van der Waals surface area contributed by atoms with Crippen molar-refractivity contribution in [3.8, 4) is 11.8 Å². The lowest BCUT2D eigenvalue weighted by Crippen LogP contribution is -1.91. The Hall–Kier alpha value is -2.60. The molecular weight excluding hydrogens is 226 g/mol. The number of aldehydes is 1. The van der Waals surface area contributed by atoms with Crippen molar-refractivity contribution in [1.82, 2.24) is 0 Å². The topological polar surface area (TPSA) is 61.1 Å². The first-order valence-electron chi connectivity index (χ1n) is 5.49. The third kappa shape index (κ3) is 2.55. The van der Waals surface area contributed by atoms with Gasteiger partial charge in [-0.1, -0.05) is 18.2 Å². The monoisotopic (exact) mass is 237 g/mol. The van der Waals surface area contributed by atoms with Crippen molar-refractivity contribution in [2.24, 2.45) is 0 Å². The molecule has 0 bridgehead atoms. The number of hydrogen-bond donors (Lipinski definition) is 1. The van der Waals surface area contributed by atoms with Gasteiger partial charge in [0.05, 0.1) is 17.2 Å². The Morgan fingerprint density at radius 1 is 1.17 bits per heavy atom. The number of aromatic hydroxyl groups is 1. The molecule has 18 heavy (non-hydrogen) atoms. The molecule has 0 heterocycles. The van der Waals surface area contributed by atoms with Crippen LogP contribution in [-0.4, -0.2) is 11.4 Å². The fourth-order valence-electron chi connectivity index (χ4n) is 1.79. The van der Waals surface area contributed by atoms with Gasteiger partial charge in [0.2, 0.25) is 0 Å². The van der Waals surface area contributed by atoms with E-state index < -0.39 is 0 Å². The summed E-state index contributed by atoms with van der Waals surface area (Å²) in [4.78, 5) is 10.7. The first kappa shape index (κ1) is 11.9. The van der Waals surface area contributed by atoms with Gasteiger partial charge in [-0.05, 0) is 41.8 Å². The summed E-state index contributed by atoms with van der Waals surface area (Å²) in [6, 6.07) is 14.3. The van der Waals surface area contributed by atoms with E-state index in [9.17, 15) is 9.90 Å². The zero-order chi connectivity index (χ0) is 13.0. The molecule has 0 atom stereocenters. The van der Waals surface area contributed by atoms with E-state index in [1.54, 1.807) is 18.2 Å². The second kappa shape index (κ2) is 5.15. The average molecular weight is 237 g/mol. The molecule has 0 aliphatic rings. The highest BCUT2D eigenvalue weighted by Gasteiger charge is 2.03. The summed E-state index contributed by atoms with van der Waals surface area (Å²) in [5, 5.41) is 18.2. The lowest BCUT2D eigenvalue weighted by atomic mass is 10.0. The third-order valence-electron chi connectivity index (χ3n) is 2.68. The van der Waals surface area contributed by atoms with Gasteiger partial charge in [0, 0.05) is 0 Å². The predicted molar refractivity (Wildman–Crippen MR) is 67.5 cm³/mol. The Morgan fingerprint density at radius 2 is 1.94 bits per heavy atom. The third-order valence-corrected chi connectivity index (χ3v) is 2.68. The number of nitrogens with zero attached hydrogens (tertiary/aromatic N) is 1. The van der Waals surface area contributed by atoms with Gasteiger partial charge < -0.3 is 5.11 Å². The minimum absolute atomic E-state index is 0.0143. The number of nitriles is 1. The molecule has 0 aliphatic heterocycles. The predicted octanol–water partition coefficient (Wildman–Crippen LogP) is 2.67. The van der Waals surface area contributed by atoms with Gasteiger partial charge in [-0.25, -0.2) is 0 Å². The lowest BCUT2D eigenvalue weighted by molar-refractivity contribution is 0.112. The maximum absolute atomic E-state index is 10.7. The standard InChI is InChI=1S/C15H11NO2/c16-9-13-3-1-2-11(7-13)6-12-4-5-15(18)14(8-12)10-17/h1-5,7-8,10,18H,6H2. The van der Waals surface area contributed by atoms with Crippen LogP contribution < -0.4 is 0 Å². The van der Waals surface area contributed by atoms with E-state index in [1.165, 1.54) is 6.07 Å². The number of phenols is 1. The van der Waals surface area contributed by atoms with Gasteiger partial charge in [0.15, 0.2) is 6.29 Å². The van der Waals surface area contributed by atoms with Crippen LogP contribution in [0.3, 0.4) is 0 Å². The quantitative estimate of drug-likeness (QED) is 0.835. The highest BCUT2D eigenvalue weighted by Crippen LogP contribution is 2.19. The molecule has 0 spiro atoms. The maximum Gasteiger partial charge on any atom is 0.153 e. The Bertz CT molecular complexity index is 627. The van der Waals surface area contributed by atoms with Crippen LogP contribution in [-0.2, 0) is 6.42 Å². The lowest BCUT2D eigenvalue weighted by Gasteiger charge is -2.04. The zero-order valence-electron chi connectivity index (χ0n) is 9.63. The van der Waals surface area contributed by atoms with Crippen LogP contribution in [0.15, 0.2) is 42.5 Å². The number of hydrogen-bond acceptors (Lipinski definition) is 3. The summed E-state index contributed by atoms with van der Waals surface area (Å²) in [7, 11) is 0. The van der Waals surface area contributed by atoms with Gasteiger partial charge in [-0.15, -0.1) is 0 Å².